The topological polar surface area (TPSA) is 61.4 Å². The number of amides is 2. The highest BCUT2D eigenvalue weighted by molar-refractivity contribution is 6.03. The van der Waals surface area contributed by atoms with E-state index in [0.29, 0.717) is 23.6 Å². The average molecular weight is 343 g/mol. The van der Waals surface area contributed by atoms with Gasteiger partial charge in [0.15, 0.2) is 0 Å². The molecule has 0 spiro atoms. The van der Waals surface area contributed by atoms with E-state index in [-0.39, 0.29) is 11.8 Å². The van der Waals surface area contributed by atoms with Gasteiger partial charge >= 0.3 is 0 Å². The van der Waals surface area contributed by atoms with E-state index < -0.39 is 0 Å². The number of nitrogens with zero attached hydrogens (tertiary/aromatic N) is 1. The van der Waals surface area contributed by atoms with Crippen LogP contribution in [0.3, 0.4) is 0 Å². The molecule has 0 aliphatic carbocycles. The molecule has 0 radical (unpaired) electrons. The first-order chi connectivity index (χ1) is 12.2. The van der Waals surface area contributed by atoms with Crippen LogP contribution in [0, 0.1) is 5.92 Å². The second kappa shape index (κ2) is 8.99. The van der Waals surface area contributed by atoms with Gasteiger partial charge in [0.25, 0.3) is 5.91 Å². The number of nitrogens with one attached hydrogen (secondary N) is 2. The maximum Gasteiger partial charge on any atom is 0.255 e. The normalized spacial score (nSPS) is 18.8. The third-order valence-electron chi connectivity index (χ3n) is 5.31. The SMILES string of the molecule is O=C(CCC1CCNCC1)Nc1ccccc1C(=O)N1CCCCC1. The quantitative estimate of drug-likeness (QED) is 0.864. The van der Waals surface area contributed by atoms with Crippen LogP contribution < -0.4 is 10.6 Å². The minimum Gasteiger partial charge on any atom is -0.339 e. The molecule has 5 nitrogen and oxygen atoms in total. The molecule has 5 heteroatoms. The van der Waals surface area contributed by atoms with Gasteiger partial charge in [0.1, 0.15) is 0 Å². The molecule has 0 aromatic heterocycles. The minimum absolute atomic E-state index is 0.0115. The van der Waals surface area contributed by atoms with E-state index in [2.05, 4.69) is 10.6 Å². The number of carbonyl (C=O) groups excluding carboxylic acids is 2. The van der Waals surface area contributed by atoms with E-state index in [0.717, 1.165) is 58.3 Å². The van der Waals surface area contributed by atoms with E-state index in [4.69, 9.17) is 0 Å². The molecule has 25 heavy (non-hydrogen) atoms. The van der Waals surface area contributed by atoms with E-state index >= 15 is 0 Å². The molecule has 2 saturated heterocycles. The summed E-state index contributed by atoms with van der Waals surface area (Å²) in [5.74, 6) is 0.684. The van der Waals surface area contributed by atoms with Crippen LogP contribution in [-0.2, 0) is 4.79 Å². The standard InChI is InChI=1S/C20H29N3O2/c24-19(9-8-16-10-12-21-13-11-16)22-18-7-3-2-6-17(18)20(25)23-14-4-1-5-15-23/h2-3,6-7,16,21H,1,4-5,8-15H2,(H,22,24). The molecule has 0 unspecified atom stereocenters. The number of carbonyl (C=O) groups is 2. The predicted octanol–water partition coefficient (Wildman–Crippen LogP) is 3.03. The molecule has 0 bridgehead atoms. The summed E-state index contributed by atoms with van der Waals surface area (Å²) in [6.45, 7) is 3.74. The molecule has 2 fully saturated rings. The Morgan fingerprint density at radius 2 is 1.80 bits per heavy atom. The van der Waals surface area contributed by atoms with Gasteiger partial charge in [-0.05, 0) is 69.7 Å². The molecule has 2 heterocycles. The summed E-state index contributed by atoms with van der Waals surface area (Å²) in [6, 6.07) is 7.39. The lowest BCUT2D eigenvalue weighted by atomic mass is 9.93. The number of piperidine rings is 2. The van der Waals surface area contributed by atoms with Gasteiger partial charge < -0.3 is 15.5 Å². The van der Waals surface area contributed by atoms with Crippen molar-refractivity contribution in [3.8, 4) is 0 Å². The zero-order chi connectivity index (χ0) is 17.5. The zero-order valence-corrected chi connectivity index (χ0v) is 14.9. The van der Waals surface area contributed by atoms with Crippen molar-refractivity contribution in [2.75, 3.05) is 31.5 Å². The Bertz CT molecular complexity index is 590. The number of benzene rings is 1. The highest BCUT2D eigenvalue weighted by Crippen LogP contribution is 2.22. The number of anilines is 1. The molecule has 0 atom stereocenters. The van der Waals surface area contributed by atoms with Gasteiger partial charge in [0.05, 0.1) is 11.3 Å². The van der Waals surface area contributed by atoms with Crippen molar-refractivity contribution in [3.05, 3.63) is 29.8 Å². The third kappa shape index (κ3) is 5.05. The number of hydrogen-bond donors (Lipinski definition) is 2. The van der Waals surface area contributed by atoms with Gasteiger partial charge in [-0.25, -0.2) is 0 Å². The first kappa shape index (κ1) is 17.9. The molecule has 136 valence electrons. The van der Waals surface area contributed by atoms with Crippen LogP contribution in [0.5, 0.6) is 0 Å². The van der Waals surface area contributed by atoms with E-state index in [1.807, 2.05) is 29.2 Å². The van der Waals surface area contributed by atoms with Crippen molar-refractivity contribution in [3.63, 3.8) is 0 Å². The molecule has 1 aromatic carbocycles. The van der Waals surface area contributed by atoms with Gasteiger partial charge in [-0.1, -0.05) is 12.1 Å². The predicted molar refractivity (Wildman–Crippen MR) is 99.7 cm³/mol. The third-order valence-corrected chi connectivity index (χ3v) is 5.31. The van der Waals surface area contributed by atoms with Gasteiger partial charge in [0, 0.05) is 19.5 Å². The largest absolute Gasteiger partial charge is 0.339 e. The lowest BCUT2D eigenvalue weighted by Gasteiger charge is -2.27. The van der Waals surface area contributed by atoms with Crippen LogP contribution in [0.1, 0.15) is 55.3 Å². The average Bonchev–Trinajstić information content (AvgIpc) is 2.68. The van der Waals surface area contributed by atoms with Crippen LogP contribution in [-0.4, -0.2) is 42.9 Å². The van der Waals surface area contributed by atoms with Crippen LogP contribution in [0.25, 0.3) is 0 Å². The monoisotopic (exact) mass is 343 g/mol. The lowest BCUT2D eigenvalue weighted by molar-refractivity contribution is -0.116. The maximum atomic E-state index is 12.8. The minimum atomic E-state index is 0.0115. The van der Waals surface area contributed by atoms with E-state index in [1.54, 1.807) is 0 Å². The van der Waals surface area contributed by atoms with Crippen molar-refractivity contribution in [1.29, 1.82) is 0 Å². The second-order valence-corrected chi connectivity index (χ2v) is 7.18. The summed E-state index contributed by atoms with van der Waals surface area (Å²) in [6.07, 6.45) is 7.08. The lowest BCUT2D eigenvalue weighted by Crippen LogP contribution is -2.36. The smallest absolute Gasteiger partial charge is 0.255 e. The summed E-state index contributed by atoms with van der Waals surface area (Å²) >= 11 is 0. The fourth-order valence-electron chi connectivity index (χ4n) is 3.76. The summed E-state index contributed by atoms with van der Waals surface area (Å²) in [5.41, 5.74) is 1.26. The van der Waals surface area contributed by atoms with Crippen molar-refractivity contribution >= 4 is 17.5 Å². The first-order valence-corrected chi connectivity index (χ1v) is 9.63. The molecule has 0 saturated carbocycles. The molecule has 2 aliphatic rings. The van der Waals surface area contributed by atoms with Crippen molar-refractivity contribution < 1.29 is 9.59 Å². The maximum absolute atomic E-state index is 12.8. The van der Waals surface area contributed by atoms with E-state index in [1.165, 1.54) is 6.42 Å². The van der Waals surface area contributed by atoms with Crippen molar-refractivity contribution in [1.82, 2.24) is 10.2 Å². The van der Waals surface area contributed by atoms with Gasteiger partial charge in [-0.15, -0.1) is 0 Å². The number of hydrogen-bond acceptors (Lipinski definition) is 3. The van der Waals surface area contributed by atoms with Crippen LogP contribution in [0.2, 0.25) is 0 Å². The van der Waals surface area contributed by atoms with Crippen molar-refractivity contribution in [2.24, 2.45) is 5.92 Å². The Hall–Kier alpha value is -1.88. The molecular formula is C20H29N3O2. The number of likely N-dealkylation sites (tertiary alicyclic amines) is 1. The highest BCUT2D eigenvalue weighted by Gasteiger charge is 2.21. The number of para-hydroxylation sites is 1. The molecule has 2 amide bonds. The highest BCUT2D eigenvalue weighted by atomic mass is 16.2. The Kier molecular flexibility index (Phi) is 6.45. The second-order valence-electron chi connectivity index (χ2n) is 7.18. The van der Waals surface area contributed by atoms with Crippen molar-refractivity contribution in [2.45, 2.75) is 44.9 Å². The molecule has 1 aromatic rings. The van der Waals surface area contributed by atoms with Gasteiger partial charge in [-0.2, -0.15) is 0 Å². The van der Waals surface area contributed by atoms with Crippen LogP contribution in [0.15, 0.2) is 24.3 Å². The molecule has 2 N–H and O–H groups in total. The van der Waals surface area contributed by atoms with Gasteiger partial charge in [0.2, 0.25) is 5.91 Å². The summed E-state index contributed by atoms with van der Waals surface area (Å²) < 4.78 is 0. The fourth-order valence-corrected chi connectivity index (χ4v) is 3.76. The Labute approximate surface area is 150 Å². The zero-order valence-electron chi connectivity index (χ0n) is 14.9. The molecular weight excluding hydrogens is 314 g/mol. The Morgan fingerprint density at radius 1 is 1.08 bits per heavy atom. The fraction of sp³-hybridized carbons (Fsp3) is 0.600. The van der Waals surface area contributed by atoms with E-state index in [9.17, 15) is 9.59 Å². The summed E-state index contributed by atoms with van der Waals surface area (Å²) in [7, 11) is 0. The van der Waals surface area contributed by atoms with Crippen LogP contribution in [0.4, 0.5) is 5.69 Å². The summed E-state index contributed by atoms with van der Waals surface area (Å²) in [5, 5.41) is 6.32. The Balaban J connectivity index is 1.58. The first-order valence-electron chi connectivity index (χ1n) is 9.63. The molecule has 2 aliphatic heterocycles. The molecule has 3 rings (SSSR count). The number of rotatable bonds is 5. The van der Waals surface area contributed by atoms with Gasteiger partial charge in [-0.3, -0.25) is 9.59 Å². The Morgan fingerprint density at radius 3 is 2.56 bits per heavy atom. The van der Waals surface area contributed by atoms with Crippen LogP contribution >= 0.6 is 0 Å². The summed E-state index contributed by atoms with van der Waals surface area (Å²) in [4.78, 5) is 27.0.